The van der Waals surface area contributed by atoms with Gasteiger partial charge in [0.1, 0.15) is 0 Å². The fourth-order valence-electron chi connectivity index (χ4n) is 3.07. The van der Waals surface area contributed by atoms with Crippen LogP contribution < -0.4 is 4.46 Å². The third-order valence-electron chi connectivity index (χ3n) is 4.66. The predicted molar refractivity (Wildman–Crippen MR) is 115 cm³/mol. The summed E-state index contributed by atoms with van der Waals surface area (Å²) in [6, 6.07) is 14.8. The molecule has 2 heteroatoms. The van der Waals surface area contributed by atoms with Crippen molar-refractivity contribution < 1.29 is 3.83 Å². The van der Waals surface area contributed by atoms with Crippen molar-refractivity contribution in [2.45, 2.75) is 64.6 Å². The number of hydrogen-bond acceptors (Lipinski definition) is 1. The topological polar surface area (TPSA) is 17.1 Å². The van der Waals surface area contributed by atoms with Crippen LogP contribution in [0.1, 0.15) is 81.5 Å². The molecule has 2 rings (SSSR count). The van der Waals surface area contributed by atoms with Gasteiger partial charge in [-0.2, -0.15) is 0 Å². The third kappa shape index (κ3) is 5.25. The molecule has 1 atom stereocenters. The molecule has 0 bridgehead atoms. The summed E-state index contributed by atoms with van der Waals surface area (Å²) in [6.45, 7) is 13.3. The number of allylic oxidation sites excluding steroid dienone is 1. The Hall–Kier alpha value is -1.50. The summed E-state index contributed by atoms with van der Waals surface area (Å²) in [5.74, 6) is 1.26. The standard InChI is InChI=1S/C24H32OSe/c1-17(2)21-15-22(18(3)4)24(23(16-21)19(5)6)26(25)14-10-13-20-11-8-7-9-12-20/h7-13,15-19H,14H2,1-6H3/b13-10-. The van der Waals surface area contributed by atoms with Crippen molar-refractivity contribution in [2.24, 2.45) is 0 Å². The Morgan fingerprint density at radius 1 is 0.846 bits per heavy atom. The van der Waals surface area contributed by atoms with E-state index in [4.69, 9.17) is 0 Å². The van der Waals surface area contributed by atoms with E-state index in [2.05, 4.69) is 78.0 Å². The molecule has 0 N–H and O–H groups in total. The van der Waals surface area contributed by atoms with Crippen LogP contribution in [-0.2, 0) is 3.83 Å². The molecule has 0 fully saturated rings. The molecule has 0 spiro atoms. The van der Waals surface area contributed by atoms with E-state index in [0.717, 1.165) is 10.0 Å². The molecule has 0 saturated heterocycles. The molecule has 0 saturated carbocycles. The summed E-state index contributed by atoms with van der Waals surface area (Å²) in [6.07, 6.45) is 4.17. The molecule has 26 heavy (non-hydrogen) atoms. The number of hydrogen-bond donors (Lipinski definition) is 0. The third-order valence-corrected chi connectivity index (χ3v) is 7.65. The minimum absolute atomic E-state index is 0.388. The molecule has 0 heterocycles. The van der Waals surface area contributed by atoms with Gasteiger partial charge in [-0.15, -0.1) is 0 Å². The van der Waals surface area contributed by atoms with E-state index in [-0.39, 0.29) is 0 Å². The van der Waals surface area contributed by atoms with Gasteiger partial charge >= 0.3 is 164 Å². The Balaban J connectivity index is 2.39. The van der Waals surface area contributed by atoms with E-state index < -0.39 is 13.8 Å². The van der Waals surface area contributed by atoms with Crippen LogP contribution in [0, 0.1) is 0 Å². The van der Waals surface area contributed by atoms with Crippen molar-refractivity contribution in [3.05, 3.63) is 70.8 Å². The molecule has 1 unspecified atom stereocenters. The maximum absolute atomic E-state index is 13.3. The average molecular weight is 415 g/mol. The summed E-state index contributed by atoms with van der Waals surface area (Å²) in [5, 5.41) is 0.648. The van der Waals surface area contributed by atoms with Crippen LogP contribution in [0.5, 0.6) is 0 Å². The number of rotatable bonds is 7. The molecule has 0 radical (unpaired) electrons. The van der Waals surface area contributed by atoms with E-state index >= 15 is 0 Å². The van der Waals surface area contributed by atoms with Crippen molar-refractivity contribution >= 4 is 24.4 Å². The summed E-state index contributed by atoms with van der Waals surface area (Å²) < 4.78 is 14.5. The van der Waals surface area contributed by atoms with Gasteiger partial charge in [0.25, 0.3) is 0 Å². The molecule has 0 aliphatic carbocycles. The molecule has 0 aliphatic rings. The van der Waals surface area contributed by atoms with Gasteiger partial charge in [0.2, 0.25) is 0 Å². The van der Waals surface area contributed by atoms with Gasteiger partial charge in [0, 0.05) is 0 Å². The first kappa shape index (κ1) is 20.8. The summed E-state index contributed by atoms with van der Waals surface area (Å²) in [5.41, 5.74) is 5.09. The van der Waals surface area contributed by atoms with Gasteiger partial charge in [-0.3, -0.25) is 0 Å². The first-order valence-corrected chi connectivity index (χ1v) is 12.4. The molecule has 2 aromatic rings. The molecule has 0 aliphatic heterocycles. The number of benzene rings is 2. The average Bonchev–Trinajstić information content (AvgIpc) is 2.61. The van der Waals surface area contributed by atoms with Crippen LogP contribution in [-0.4, -0.2) is 13.8 Å². The van der Waals surface area contributed by atoms with Crippen LogP contribution in [0.3, 0.4) is 0 Å². The van der Waals surface area contributed by atoms with Crippen LogP contribution >= 0.6 is 0 Å². The molecule has 140 valence electrons. The van der Waals surface area contributed by atoms with E-state index in [1.807, 2.05) is 18.2 Å². The molecule has 1 nitrogen and oxygen atoms in total. The van der Waals surface area contributed by atoms with Crippen LogP contribution in [0.2, 0.25) is 5.32 Å². The summed E-state index contributed by atoms with van der Waals surface area (Å²) in [4.78, 5) is 0. The first-order valence-electron chi connectivity index (χ1n) is 9.59. The predicted octanol–water partition coefficient (Wildman–Crippen LogP) is 6.40. The first-order chi connectivity index (χ1) is 12.3. The second kappa shape index (κ2) is 9.44. The fraction of sp³-hybridized carbons (Fsp3) is 0.417. The Kier molecular flexibility index (Phi) is 7.55. The Bertz CT molecular complexity index is 741. The molecular weight excluding hydrogens is 383 g/mol. The zero-order valence-corrected chi connectivity index (χ0v) is 18.7. The summed E-state index contributed by atoms with van der Waals surface area (Å²) in [7, 11) is 0. The normalized spacial score (nSPS) is 13.3. The Morgan fingerprint density at radius 2 is 1.38 bits per heavy atom. The van der Waals surface area contributed by atoms with Gasteiger partial charge in [-0.25, -0.2) is 0 Å². The van der Waals surface area contributed by atoms with Crippen molar-refractivity contribution in [3.8, 4) is 0 Å². The van der Waals surface area contributed by atoms with E-state index in [1.165, 1.54) is 16.7 Å². The minimum atomic E-state index is -2.12. The fourth-order valence-corrected chi connectivity index (χ4v) is 6.33. The van der Waals surface area contributed by atoms with E-state index in [1.54, 1.807) is 0 Å². The van der Waals surface area contributed by atoms with Crippen molar-refractivity contribution in [2.75, 3.05) is 0 Å². The van der Waals surface area contributed by atoms with Gasteiger partial charge in [-0.05, 0) is 0 Å². The maximum atomic E-state index is 13.3. The molecule has 0 amide bonds. The Labute approximate surface area is 163 Å². The van der Waals surface area contributed by atoms with Crippen molar-refractivity contribution in [3.63, 3.8) is 0 Å². The molecule has 0 aromatic heterocycles. The summed E-state index contributed by atoms with van der Waals surface area (Å²) >= 11 is -2.12. The molecule has 2 aromatic carbocycles. The van der Waals surface area contributed by atoms with E-state index in [9.17, 15) is 3.83 Å². The van der Waals surface area contributed by atoms with Gasteiger partial charge in [0.05, 0.1) is 0 Å². The van der Waals surface area contributed by atoms with Crippen molar-refractivity contribution in [1.82, 2.24) is 0 Å². The van der Waals surface area contributed by atoms with E-state index in [0.29, 0.717) is 23.1 Å². The monoisotopic (exact) mass is 416 g/mol. The van der Waals surface area contributed by atoms with Gasteiger partial charge in [0.15, 0.2) is 0 Å². The van der Waals surface area contributed by atoms with Gasteiger partial charge in [-0.1, -0.05) is 0 Å². The second-order valence-electron chi connectivity index (χ2n) is 7.82. The van der Waals surface area contributed by atoms with Crippen molar-refractivity contribution in [1.29, 1.82) is 0 Å². The SMILES string of the molecule is CC(C)c1cc(C(C)C)c([Se](=O)C/C=C\c2ccccc2)c(C(C)C)c1. The zero-order valence-electron chi connectivity index (χ0n) is 17.0. The van der Waals surface area contributed by atoms with Crippen LogP contribution in [0.4, 0.5) is 0 Å². The van der Waals surface area contributed by atoms with Crippen LogP contribution in [0.15, 0.2) is 48.5 Å². The quantitative estimate of drug-likeness (QED) is 0.478. The zero-order chi connectivity index (χ0) is 19.3. The van der Waals surface area contributed by atoms with Gasteiger partial charge < -0.3 is 0 Å². The van der Waals surface area contributed by atoms with Crippen LogP contribution in [0.25, 0.3) is 6.08 Å². The molecular formula is C24H32OSe. The Morgan fingerprint density at radius 3 is 1.85 bits per heavy atom. The second-order valence-corrected chi connectivity index (χ2v) is 10.8.